The lowest BCUT2D eigenvalue weighted by Crippen LogP contribution is -2.54. The largest absolute Gasteiger partial charge is 0.483 e. The van der Waals surface area contributed by atoms with Crippen LogP contribution in [0.2, 0.25) is 10.0 Å². The molecule has 3 aromatic rings. The van der Waals surface area contributed by atoms with E-state index in [0.717, 1.165) is 4.90 Å². The number of ether oxygens (including phenoxy) is 1. The SMILES string of the molecule is Cc1c(Cl)cccc1N1C(=O)NC(=O)/C(=C\c2ccc(OCC(=O)Nc3ccc(Cl)cc3)c(Br)c2)C1=O. The second-order valence-corrected chi connectivity index (χ2v) is 9.57. The molecule has 1 saturated heterocycles. The zero-order valence-corrected chi connectivity index (χ0v) is 22.3. The van der Waals surface area contributed by atoms with Crippen molar-refractivity contribution >= 4 is 80.3 Å². The lowest BCUT2D eigenvalue weighted by Gasteiger charge is -2.27. The summed E-state index contributed by atoms with van der Waals surface area (Å²) in [6.07, 6.45) is 1.36. The summed E-state index contributed by atoms with van der Waals surface area (Å²) in [5.41, 5.74) is 1.62. The van der Waals surface area contributed by atoms with Crippen LogP contribution in [0.4, 0.5) is 16.2 Å². The Morgan fingerprint density at radius 3 is 2.51 bits per heavy atom. The van der Waals surface area contributed by atoms with Gasteiger partial charge < -0.3 is 10.1 Å². The highest BCUT2D eigenvalue weighted by Crippen LogP contribution is 2.31. The van der Waals surface area contributed by atoms with E-state index in [1.807, 2.05) is 0 Å². The highest BCUT2D eigenvalue weighted by atomic mass is 79.9. The third-order valence-electron chi connectivity index (χ3n) is 5.34. The first kappa shape index (κ1) is 26.4. The minimum absolute atomic E-state index is 0.234. The van der Waals surface area contributed by atoms with Crippen molar-refractivity contribution in [3.05, 3.63) is 91.9 Å². The van der Waals surface area contributed by atoms with E-state index >= 15 is 0 Å². The second-order valence-electron chi connectivity index (χ2n) is 7.88. The Morgan fingerprint density at radius 1 is 1.08 bits per heavy atom. The molecule has 0 aliphatic carbocycles. The number of nitrogens with one attached hydrogen (secondary N) is 2. The van der Waals surface area contributed by atoms with Crippen molar-refractivity contribution in [3.63, 3.8) is 0 Å². The van der Waals surface area contributed by atoms with Crippen molar-refractivity contribution in [1.29, 1.82) is 0 Å². The number of hydrogen-bond donors (Lipinski definition) is 2. The maximum absolute atomic E-state index is 13.2. The van der Waals surface area contributed by atoms with Gasteiger partial charge in [-0.05, 0) is 88.6 Å². The van der Waals surface area contributed by atoms with Crippen molar-refractivity contribution < 1.29 is 23.9 Å². The molecule has 0 atom stereocenters. The average molecular weight is 603 g/mol. The van der Waals surface area contributed by atoms with Crippen molar-refractivity contribution in [2.24, 2.45) is 0 Å². The van der Waals surface area contributed by atoms with Crippen LogP contribution in [0.15, 0.2) is 70.7 Å². The lowest BCUT2D eigenvalue weighted by atomic mass is 10.1. The van der Waals surface area contributed by atoms with Crippen LogP contribution >= 0.6 is 39.1 Å². The smallest absolute Gasteiger partial charge is 0.335 e. The van der Waals surface area contributed by atoms with Gasteiger partial charge in [0.2, 0.25) is 0 Å². The molecule has 2 N–H and O–H groups in total. The van der Waals surface area contributed by atoms with E-state index in [1.54, 1.807) is 67.6 Å². The number of rotatable bonds is 6. The van der Waals surface area contributed by atoms with Gasteiger partial charge in [0.05, 0.1) is 10.2 Å². The number of barbiturate groups is 1. The van der Waals surface area contributed by atoms with Gasteiger partial charge in [-0.2, -0.15) is 0 Å². The first-order valence-corrected chi connectivity index (χ1v) is 12.3. The molecule has 0 spiro atoms. The predicted octanol–water partition coefficient (Wildman–Crippen LogP) is 5.75. The Labute approximate surface area is 230 Å². The number of carbonyl (C=O) groups is 4. The van der Waals surface area contributed by atoms with Crippen LogP contribution in [0.5, 0.6) is 5.75 Å². The van der Waals surface area contributed by atoms with E-state index in [0.29, 0.717) is 37.1 Å². The molecule has 0 saturated carbocycles. The predicted molar refractivity (Wildman–Crippen MR) is 145 cm³/mol. The minimum atomic E-state index is -0.862. The van der Waals surface area contributed by atoms with E-state index < -0.39 is 17.8 Å². The Hall–Kier alpha value is -3.66. The molecule has 0 bridgehead atoms. The number of benzene rings is 3. The van der Waals surface area contributed by atoms with Crippen LogP contribution < -0.4 is 20.3 Å². The first-order valence-electron chi connectivity index (χ1n) is 10.8. The Bertz CT molecular complexity index is 1460. The lowest BCUT2D eigenvalue weighted by molar-refractivity contribution is -0.122. The number of anilines is 2. The monoisotopic (exact) mass is 601 g/mol. The number of urea groups is 1. The van der Waals surface area contributed by atoms with Crippen LogP contribution in [-0.4, -0.2) is 30.4 Å². The van der Waals surface area contributed by atoms with Gasteiger partial charge in [0.25, 0.3) is 17.7 Å². The molecule has 0 unspecified atom stereocenters. The summed E-state index contributed by atoms with van der Waals surface area (Å²) < 4.78 is 6.07. The third kappa shape index (κ3) is 6.02. The standard InChI is InChI=1S/C26H18BrCl2N3O5/c1-14-20(29)3-2-4-21(14)32-25(35)18(24(34)31-26(32)36)11-15-5-10-22(19(27)12-15)37-13-23(33)30-17-8-6-16(28)7-9-17/h2-12H,13H2,1H3,(H,30,33)(H,31,34,36)/b18-11+. The topological polar surface area (TPSA) is 105 Å². The molecule has 1 fully saturated rings. The highest BCUT2D eigenvalue weighted by Gasteiger charge is 2.37. The van der Waals surface area contributed by atoms with E-state index in [-0.39, 0.29) is 23.8 Å². The number of amides is 5. The van der Waals surface area contributed by atoms with E-state index in [4.69, 9.17) is 27.9 Å². The Kier molecular flexibility index (Phi) is 7.97. The number of halogens is 3. The second kappa shape index (κ2) is 11.2. The van der Waals surface area contributed by atoms with E-state index in [9.17, 15) is 19.2 Å². The summed E-state index contributed by atoms with van der Waals surface area (Å²) in [5, 5.41) is 5.81. The van der Waals surface area contributed by atoms with Crippen molar-refractivity contribution in [1.82, 2.24) is 5.32 Å². The van der Waals surface area contributed by atoms with Gasteiger partial charge in [-0.15, -0.1) is 0 Å². The van der Waals surface area contributed by atoms with Crippen molar-refractivity contribution in [2.45, 2.75) is 6.92 Å². The number of carbonyl (C=O) groups excluding carboxylic acids is 4. The summed E-state index contributed by atoms with van der Waals surface area (Å²) in [5.74, 6) is -1.60. The summed E-state index contributed by atoms with van der Waals surface area (Å²) in [7, 11) is 0. The molecule has 1 aliphatic heterocycles. The van der Waals surface area contributed by atoms with Crippen LogP contribution in [0.1, 0.15) is 11.1 Å². The number of hydrogen-bond acceptors (Lipinski definition) is 5. The molecule has 11 heteroatoms. The maximum Gasteiger partial charge on any atom is 0.335 e. The zero-order chi connectivity index (χ0) is 26.7. The number of imide groups is 2. The molecule has 0 radical (unpaired) electrons. The van der Waals surface area contributed by atoms with E-state index in [1.165, 1.54) is 6.08 Å². The molecule has 188 valence electrons. The molecule has 0 aromatic heterocycles. The van der Waals surface area contributed by atoms with Crippen molar-refractivity contribution in [3.8, 4) is 5.75 Å². The summed E-state index contributed by atoms with van der Waals surface area (Å²) >= 11 is 15.4. The molecule has 5 amide bonds. The molecule has 37 heavy (non-hydrogen) atoms. The zero-order valence-electron chi connectivity index (χ0n) is 19.2. The highest BCUT2D eigenvalue weighted by molar-refractivity contribution is 9.10. The van der Waals surface area contributed by atoms with Gasteiger partial charge in [-0.3, -0.25) is 19.7 Å². The van der Waals surface area contributed by atoms with Gasteiger partial charge in [-0.25, -0.2) is 9.69 Å². The minimum Gasteiger partial charge on any atom is -0.483 e. The van der Waals surface area contributed by atoms with Crippen LogP contribution in [0.3, 0.4) is 0 Å². The molecular formula is C26H18BrCl2N3O5. The van der Waals surface area contributed by atoms with Crippen molar-refractivity contribution in [2.75, 3.05) is 16.8 Å². The van der Waals surface area contributed by atoms with Gasteiger partial charge in [-0.1, -0.05) is 35.3 Å². The van der Waals surface area contributed by atoms with Crippen LogP contribution in [0.25, 0.3) is 6.08 Å². The molecule has 1 heterocycles. The van der Waals surface area contributed by atoms with Gasteiger partial charge in [0.15, 0.2) is 6.61 Å². The number of nitrogens with zero attached hydrogens (tertiary/aromatic N) is 1. The fourth-order valence-electron chi connectivity index (χ4n) is 3.48. The molecule has 4 rings (SSSR count). The van der Waals surface area contributed by atoms with Crippen LogP contribution in [-0.2, 0) is 14.4 Å². The Balaban J connectivity index is 1.49. The van der Waals surface area contributed by atoms with Gasteiger partial charge in [0, 0.05) is 15.7 Å². The maximum atomic E-state index is 13.2. The average Bonchev–Trinajstić information content (AvgIpc) is 2.85. The molecule has 1 aliphatic rings. The quantitative estimate of drug-likeness (QED) is 0.276. The molecule has 8 nitrogen and oxygen atoms in total. The summed E-state index contributed by atoms with van der Waals surface area (Å²) in [6.45, 7) is 1.42. The fraction of sp³-hybridized carbons (Fsp3) is 0.0769. The third-order valence-corrected chi connectivity index (χ3v) is 6.62. The Morgan fingerprint density at radius 2 is 1.81 bits per heavy atom. The van der Waals surface area contributed by atoms with E-state index in [2.05, 4.69) is 26.6 Å². The normalized spacial score (nSPS) is 14.5. The molecule has 3 aromatic carbocycles. The summed E-state index contributed by atoms with van der Waals surface area (Å²) in [4.78, 5) is 51.2. The van der Waals surface area contributed by atoms with Gasteiger partial charge in [0.1, 0.15) is 11.3 Å². The van der Waals surface area contributed by atoms with Gasteiger partial charge >= 0.3 is 6.03 Å². The van der Waals surface area contributed by atoms with Crippen LogP contribution in [0, 0.1) is 6.92 Å². The summed E-state index contributed by atoms with van der Waals surface area (Å²) in [6, 6.07) is 15.4. The molecular weight excluding hydrogens is 585 g/mol. The first-order chi connectivity index (χ1) is 17.6. The fourth-order valence-corrected chi connectivity index (χ4v) is 4.29.